The predicted octanol–water partition coefficient (Wildman–Crippen LogP) is 4.87. The maximum absolute atomic E-state index is 13.3. The number of anilines is 2. The summed E-state index contributed by atoms with van der Waals surface area (Å²) in [6.45, 7) is 6.82. The number of sulfone groups is 2. The van der Waals surface area contributed by atoms with E-state index in [4.69, 9.17) is 18.9 Å². The molecule has 0 saturated heterocycles. The molecule has 0 bridgehead atoms. The Hall–Kier alpha value is -6.80. The van der Waals surface area contributed by atoms with Crippen molar-refractivity contribution in [1.29, 1.82) is 0 Å². The van der Waals surface area contributed by atoms with E-state index in [-0.39, 0.29) is 33.6 Å². The summed E-state index contributed by atoms with van der Waals surface area (Å²) < 4.78 is 70.7. The topological polar surface area (TPSA) is 238 Å². The molecule has 0 fully saturated rings. The van der Waals surface area contributed by atoms with Crippen molar-refractivity contribution in [3.63, 3.8) is 0 Å². The Balaban J connectivity index is 0.000000241. The molecule has 64 heavy (non-hydrogen) atoms. The number of methoxy groups -OCH3 is 2. The highest BCUT2D eigenvalue weighted by atomic mass is 32.2. The van der Waals surface area contributed by atoms with Crippen molar-refractivity contribution >= 4 is 66.5 Å². The van der Waals surface area contributed by atoms with Crippen LogP contribution in [-0.2, 0) is 29.3 Å². The molecule has 4 aromatic rings. The standard InChI is InChI=1S/2C22H24N2O7S/c2*1-5-31-19-11-14(9-10-18(19)30-3)17(12-32(4,28)29)24-21(26)15-7-6-8-16(23-13(2)25)20(15)22(24)27/h2*6-11,17H,5,12H2,1-4H3,(H,23,25). The van der Waals surface area contributed by atoms with Crippen molar-refractivity contribution in [2.24, 2.45) is 0 Å². The second kappa shape index (κ2) is 19.7. The molecule has 4 aromatic carbocycles. The zero-order valence-electron chi connectivity index (χ0n) is 36.3. The Bertz CT molecular complexity index is 2570. The van der Waals surface area contributed by atoms with Crippen LogP contribution in [0.3, 0.4) is 0 Å². The van der Waals surface area contributed by atoms with E-state index in [1.165, 1.54) is 52.3 Å². The third-order valence-electron chi connectivity index (χ3n) is 9.80. The lowest BCUT2D eigenvalue weighted by Gasteiger charge is -2.27. The molecule has 2 heterocycles. The van der Waals surface area contributed by atoms with Crippen LogP contribution >= 0.6 is 0 Å². The molecule has 0 aliphatic carbocycles. The van der Waals surface area contributed by atoms with E-state index in [9.17, 15) is 45.6 Å². The number of nitrogens with one attached hydrogen (secondary N) is 2. The molecule has 0 radical (unpaired) electrons. The molecule has 18 nitrogen and oxygen atoms in total. The molecule has 2 aliphatic heterocycles. The van der Waals surface area contributed by atoms with Gasteiger partial charge >= 0.3 is 0 Å². The summed E-state index contributed by atoms with van der Waals surface area (Å²) in [5, 5.41) is 5.10. The van der Waals surface area contributed by atoms with Crippen LogP contribution in [0.25, 0.3) is 0 Å². The summed E-state index contributed by atoms with van der Waals surface area (Å²) >= 11 is 0. The van der Waals surface area contributed by atoms with Gasteiger partial charge in [-0.25, -0.2) is 16.8 Å². The zero-order valence-corrected chi connectivity index (χ0v) is 38.0. The summed E-state index contributed by atoms with van der Waals surface area (Å²) in [6.07, 6.45) is 2.07. The molecular weight excluding hydrogens is 873 g/mol. The lowest BCUT2D eigenvalue weighted by Crippen LogP contribution is -2.37. The Morgan fingerprint density at radius 2 is 0.922 bits per heavy atom. The van der Waals surface area contributed by atoms with Gasteiger partial charge in [0.15, 0.2) is 23.0 Å². The molecule has 2 aliphatic rings. The second-order valence-corrected chi connectivity index (χ2v) is 19.1. The van der Waals surface area contributed by atoms with Crippen molar-refractivity contribution in [1.82, 2.24) is 9.80 Å². The van der Waals surface area contributed by atoms with Gasteiger partial charge in [0.2, 0.25) is 11.8 Å². The highest BCUT2D eigenvalue weighted by Crippen LogP contribution is 2.40. The Morgan fingerprint density at radius 1 is 0.562 bits per heavy atom. The molecule has 2 atom stereocenters. The normalized spacial score (nSPS) is 14.2. The fourth-order valence-corrected chi connectivity index (χ4v) is 9.14. The van der Waals surface area contributed by atoms with Crippen molar-refractivity contribution < 1.29 is 64.6 Å². The number of amides is 6. The third kappa shape index (κ3) is 10.7. The first-order chi connectivity index (χ1) is 30.1. The number of ether oxygens (including phenoxy) is 4. The molecule has 2 unspecified atom stereocenters. The summed E-state index contributed by atoms with van der Waals surface area (Å²) in [4.78, 5) is 78.1. The Kier molecular flexibility index (Phi) is 14.9. The molecule has 0 spiro atoms. The van der Waals surface area contributed by atoms with Crippen molar-refractivity contribution in [2.75, 3.05) is 62.1 Å². The minimum atomic E-state index is -3.60. The van der Waals surface area contributed by atoms with Gasteiger partial charge in [-0.2, -0.15) is 0 Å². The summed E-state index contributed by atoms with van der Waals surface area (Å²) in [5.41, 5.74) is 1.44. The van der Waals surface area contributed by atoms with Gasteiger partial charge in [0, 0.05) is 26.4 Å². The minimum Gasteiger partial charge on any atom is -0.493 e. The number of benzene rings is 4. The predicted molar refractivity (Wildman–Crippen MR) is 236 cm³/mol. The van der Waals surface area contributed by atoms with E-state index >= 15 is 0 Å². The Morgan fingerprint density at radius 3 is 1.22 bits per heavy atom. The number of rotatable bonds is 16. The minimum absolute atomic E-state index is 0.0322. The summed E-state index contributed by atoms with van der Waals surface area (Å²) in [6, 6.07) is 16.4. The lowest BCUT2D eigenvalue weighted by atomic mass is 10.1. The fourth-order valence-electron chi connectivity index (χ4n) is 7.31. The van der Waals surface area contributed by atoms with E-state index < -0.39 is 78.7 Å². The number of fused-ring (bicyclic) bond motifs is 2. The van der Waals surface area contributed by atoms with Crippen LogP contribution in [0, 0.1) is 0 Å². The SMILES string of the molecule is CCOc1cc(C(CS(C)(=O)=O)N2C(=O)c3cccc(NC(C)=O)c3C2=O)ccc1OC.CCOc1cc(C(CS(C)(=O)=O)N2C(=O)c3cccc(NC(C)=O)c3C2=O)ccc1OC. The molecule has 6 rings (SSSR count). The van der Waals surface area contributed by atoms with Crippen LogP contribution in [0.2, 0.25) is 0 Å². The van der Waals surface area contributed by atoms with Crippen molar-refractivity contribution in [2.45, 2.75) is 39.8 Å². The Labute approximate surface area is 370 Å². The molecule has 2 N–H and O–H groups in total. The van der Waals surface area contributed by atoms with Crippen LogP contribution in [0.15, 0.2) is 72.8 Å². The zero-order chi connectivity index (χ0) is 47.3. The second-order valence-electron chi connectivity index (χ2n) is 14.7. The largest absolute Gasteiger partial charge is 0.493 e. The van der Waals surface area contributed by atoms with Gasteiger partial charge in [-0.3, -0.25) is 38.6 Å². The first-order valence-electron chi connectivity index (χ1n) is 19.7. The van der Waals surface area contributed by atoms with Gasteiger partial charge < -0.3 is 29.6 Å². The monoisotopic (exact) mass is 920 g/mol. The summed E-state index contributed by atoms with van der Waals surface area (Å²) in [5.74, 6) is -2.82. The van der Waals surface area contributed by atoms with Crippen molar-refractivity contribution in [3.8, 4) is 23.0 Å². The third-order valence-corrected chi connectivity index (χ3v) is 11.6. The van der Waals surface area contributed by atoms with Gasteiger partial charge in [-0.15, -0.1) is 0 Å². The van der Waals surface area contributed by atoms with E-state index in [0.717, 1.165) is 22.3 Å². The van der Waals surface area contributed by atoms with E-state index in [1.807, 2.05) is 0 Å². The van der Waals surface area contributed by atoms with Crippen LogP contribution in [0.1, 0.15) is 92.3 Å². The van der Waals surface area contributed by atoms with Crippen LogP contribution in [-0.4, -0.2) is 114 Å². The van der Waals surface area contributed by atoms with Gasteiger partial charge in [0.05, 0.1) is 84.7 Å². The number of hydrogen-bond acceptors (Lipinski definition) is 14. The average Bonchev–Trinajstić information content (AvgIpc) is 3.63. The van der Waals surface area contributed by atoms with Gasteiger partial charge in [-0.05, 0) is 73.5 Å². The smallest absolute Gasteiger partial charge is 0.264 e. The van der Waals surface area contributed by atoms with E-state index in [2.05, 4.69) is 10.6 Å². The maximum atomic E-state index is 13.3. The fraction of sp³-hybridized carbons (Fsp3) is 0.318. The van der Waals surface area contributed by atoms with Gasteiger partial charge in [0.1, 0.15) is 19.7 Å². The maximum Gasteiger partial charge on any atom is 0.264 e. The summed E-state index contributed by atoms with van der Waals surface area (Å²) in [7, 11) is -4.26. The first kappa shape index (κ1) is 48.2. The lowest BCUT2D eigenvalue weighted by molar-refractivity contribution is -0.115. The van der Waals surface area contributed by atoms with Gasteiger partial charge in [-0.1, -0.05) is 24.3 Å². The van der Waals surface area contributed by atoms with Crippen LogP contribution < -0.4 is 29.6 Å². The molecule has 20 heteroatoms. The highest BCUT2D eigenvalue weighted by molar-refractivity contribution is 7.90. The quantitative estimate of drug-likeness (QED) is 0.143. The molecule has 0 aromatic heterocycles. The molecule has 0 saturated carbocycles. The van der Waals surface area contributed by atoms with E-state index in [0.29, 0.717) is 47.3 Å². The molecule has 6 amide bonds. The average molecular weight is 921 g/mol. The number of carbonyl (C=O) groups excluding carboxylic acids is 6. The molecule has 340 valence electrons. The number of hydrogen-bond donors (Lipinski definition) is 2. The van der Waals surface area contributed by atoms with Gasteiger partial charge in [0.25, 0.3) is 23.6 Å². The number of nitrogens with zero attached hydrogens (tertiary/aromatic N) is 2. The van der Waals surface area contributed by atoms with Crippen molar-refractivity contribution in [3.05, 3.63) is 106 Å². The first-order valence-corrected chi connectivity index (χ1v) is 23.8. The highest BCUT2D eigenvalue weighted by Gasteiger charge is 2.45. The van der Waals surface area contributed by atoms with Crippen LogP contribution in [0.4, 0.5) is 11.4 Å². The number of imide groups is 2. The molecular formula is C44H48N4O14S2. The van der Waals surface area contributed by atoms with E-state index in [1.54, 1.807) is 62.4 Å². The van der Waals surface area contributed by atoms with Crippen LogP contribution in [0.5, 0.6) is 23.0 Å². The number of carbonyl (C=O) groups is 6.